The summed E-state index contributed by atoms with van der Waals surface area (Å²) in [5, 5.41) is 102. The lowest BCUT2D eigenvalue weighted by Crippen LogP contribution is -2.70. The molecule has 3 aliphatic rings. The highest BCUT2D eigenvalue weighted by molar-refractivity contribution is 7.47. The monoisotopic (exact) mass is 1690 g/mol. The van der Waals surface area contributed by atoms with Crippen LogP contribution in [0.25, 0.3) is 0 Å². The third kappa shape index (κ3) is 50.7. The minimum absolute atomic E-state index is 0.0174. The van der Waals surface area contributed by atoms with Crippen molar-refractivity contribution in [1.29, 1.82) is 0 Å². The second kappa shape index (κ2) is 70.5. The molecule has 0 bridgehead atoms. The smallest absolute Gasteiger partial charge is 0.463 e. The van der Waals surface area contributed by atoms with Crippen LogP contribution in [0.4, 0.5) is 0 Å². The van der Waals surface area contributed by atoms with Gasteiger partial charge in [-0.3, -0.25) is 28.2 Å². The molecule has 0 aromatic carbocycles. The predicted octanol–water partition coefficient (Wildman–Crippen LogP) is 17.6. The van der Waals surface area contributed by atoms with Crippen molar-refractivity contribution in [3.63, 3.8) is 0 Å². The highest BCUT2D eigenvalue weighted by Gasteiger charge is 2.60. The fourth-order valence-corrected chi connectivity index (χ4v) is 16.7. The first-order valence-corrected chi connectivity index (χ1v) is 48.9. The number of allylic oxidation sites excluding steroid dienone is 2. The number of esters is 4. The molecule has 0 amide bonds. The fourth-order valence-electron chi connectivity index (χ4n) is 15.7. The molecule has 1 aliphatic carbocycles. The molecule has 0 aromatic rings. The van der Waals surface area contributed by atoms with E-state index in [2.05, 4.69) is 39.8 Å². The molecule has 18 atom stereocenters. The molecule has 688 valence electrons. The first kappa shape index (κ1) is 108. The van der Waals surface area contributed by atoms with E-state index in [0.29, 0.717) is 32.1 Å². The molecule has 18 unspecified atom stereocenters. The van der Waals surface area contributed by atoms with Crippen LogP contribution in [0.3, 0.4) is 0 Å². The summed E-state index contributed by atoms with van der Waals surface area (Å²) in [6.07, 6.45) is 29.2. The van der Waals surface area contributed by atoms with Crippen molar-refractivity contribution in [2.24, 2.45) is 0 Å². The molecule has 0 aromatic heterocycles. The maximum Gasteiger partial charge on any atom is 0.472 e. The zero-order valence-electron chi connectivity index (χ0n) is 73.3. The molecule has 3 rings (SSSR count). The van der Waals surface area contributed by atoms with E-state index in [-0.39, 0.29) is 32.1 Å². The van der Waals surface area contributed by atoms with Gasteiger partial charge in [0.15, 0.2) is 24.8 Å². The van der Waals surface area contributed by atoms with E-state index < -0.39 is 162 Å². The van der Waals surface area contributed by atoms with Crippen LogP contribution >= 0.6 is 7.82 Å². The topological polar surface area (TPSA) is 380 Å². The van der Waals surface area contributed by atoms with Crippen LogP contribution in [-0.4, -0.2) is 205 Å². The maximum atomic E-state index is 14.9. The molecule has 0 radical (unpaired) electrons. The van der Waals surface area contributed by atoms with E-state index in [9.17, 15) is 74.6 Å². The van der Waals surface area contributed by atoms with Crippen molar-refractivity contribution in [3.05, 3.63) is 12.2 Å². The van der Waals surface area contributed by atoms with Crippen molar-refractivity contribution in [3.8, 4) is 0 Å². The van der Waals surface area contributed by atoms with E-state index in [1.807, 2.05) is 0 Å². The summed E-state index contributed by atoms with van der Waals surface area (Å²) >= 11 is 0. The molecule has 25 nitrogen and oxygen atoms in total. The van der Waals surface area contributed by atoms with Crippen LogP contribution in [0.1, 0.15) is 413 Å². The number of carbonyl (C=O) groups excluding carboxylic acids is 4. The number of hydrogen-bond acceptors (Lipinski definition) is 24. The van der Waals surface area contributed by atoms with Gasteiger partial charge in [0, 0.05) is 25.7 Å². The van der Waals surface area contributed by atoms with Crippen LogP contribution in [-0.2, 0) is 70.7 Å². The lowest BCUT2D eigenvalue weighted by Gasteiger charge is -2.50. The average molecular weight is 1690 g/mol. The molecule has 117 heavy (non-hydrogen) atoms. The zero-order chi connectivity index (χ0) is 85.4. The Hall–Kier alpha value is -2.79. The van der Waals surface area contributed by atoms with Crippen molar-refractivity contribution in [2.75, 3.05) is 26.4 Å². The number of aliphatic hydroxyl groups is 9. The van der Waals surface area contributed by atoms with Crippen molar-refractivity contribution in [2.45, 2.75) is 517 Å². The number of ether oxygens (including phenoxy) is 8. The summed E-state index contributed by atoms with van der Waals surface area (Å²) < 4.78 is 73.4. The van der Waals surface area contributed by atoms with Crippen molar-refractivity contribution in [1.82, 2.24) is 0 Å². The van der Waals surface area contributed by atoms with Crippen molar-refractivity contribution >= 4 is 31.7 Å². The number of hydrogen-bond donors (Lipinski definition) is 10. The van der Waals surface area contributed by atoms with Crippen LogP contribution in [0.2, 0.25) is 0 Å². The summed E-state index contributed by atoms with van der Waals surface area (Å²) in [7, 11) is -5.81. The van der Waals surface area contributed by atoms with Gasteiger partial charge in [-0.25, -0.2) is 4.57 Å². The zero-order valence-corrected chi connectivity index (χ0v) is 74.2. The molecule has 2 saturated heterocycles. The Kier molecular flexibility index (Phi) is 65.3. The quantitative estimate of drug-likeness (QED) is 0.00889. The lowest BCUT2D eigenvalue weighted by molar-refractivity contribution is -0.360. The summed E-state index contributed by atoms with van der Waals surface area (Å²) in [5.74, 6) is -2.97. The van der Waals surface area contributed by atoms with E-state index in [1.54, 1.807) is 0 Å². The first-order valence-electron chi connectivity index (χ1n) is 47.4. The van der Waals surface area contributed by atoms with Gasteiger partial charge in [0.05, 0.1) is 13.2 Å². The molecule has 0 spiro atoms. The number of unbranched alkanes of at least 4 members (excludes halogenated alkanes) is 51. The number of phosphoric ester groups is 1. The summed E-state index contributed by atoms with van der Waals surface area (Å²) in [6.45, 7) is 5.61. The fraction of sp³-hybridized carbons (Fsp3) is 0.934. The van der Waals surface area contributed by atoms with Crippen LogP contribution in [0.15, 0.2) is 12.2 Å². The van der Waals surface area contributed by atoms with Gasteiger partial charge in [0.2, 0.25) is 0 Å². The van der Waals surface area contributed by atoms with Gasteiger partial charge in [-0.1, -0.05) is 348 Å². The van der Waals surface area contributed by atoms with E-state index in [4.69, 9.17) is 46.9 Å². The minimum atomic E-state index is -5.81. The minimum Gasteiger partial charge on any atom is -0.463 e. The standard InChI is InChI=1S/C91H169O25P/c1-5-9-13-17-21-25-29-33-36-40-43-47-51-55-59-63-74(93)107-68-71(110-76(95)65-61-57-53-49-46-42-38-35-31-27-23-19-15-11-7-3)69-109-117(105,106)116-89-87(114-90-84(103)80(99)78(97)72(67-92)111-90)83(102)82(101)86(113-77(96)66-62-58-54-50-45-39-32-28-24-20-16-12-8-4)88(89)115-91-85(104)81(100)79(98)73(112-91)70-108-75(94)64-60-56-52-48-44-41-37-34-30-26-22-18-14-10-6-2/h39,45,71-73,78-92,97-104H,5-38,40-44,46-70H2,1-4H3,(H,105,106)/b45-39-. The molecule has 10 N–H and O–H groups in total. The molecule has 1 saturated carbocycles. The number of rotatable bonds is 77. The average Bonchev–Trinajstić information content (AvgIpc) is 0.754. The van der Waals surface area contributed by atoms with Gasteiger partial charge in [-0.2, -0.15) is 0 Å². The molecule has 2 heterocycles. The SMILES string of the molecule is CCCCCCCC/C=C\CCCCCC(=O)OC1C(O)C(O)C(OC2OC(CO)C(O)C(O)C2O)C(OP(=O)(O)OCC(COC(=O)CCCCCCCCCCCCCCCCC)OC(=O)CCCCCCCCCCCCCCCCC)C1OC1OC(COC(=O)CCCCCCCCCCCCCCCCC)C(O)C(O)C1O. The highest BCUT2D eigenvalue weighted by Crippen LogP contribution is 2.49. The first-order chi connectivity index (χ1) is 56.7. The third-order valence-electron chi connectivity index (χ3n) is 23.3. The third-order valence-corrected chi connectivity index (χ3v) is 24.3. The van der Waals surface area contributed by atoms with Gasteiger partial charge in [0.1, 0.15) is 92.6 Å². The van der Waals surface area contributed by atoms with Gasteiger partial charge in [0.25, 0.3) is 0 Å². The van der Waals surface area contributed by atoms with E-state index >= 15 is 0 Å². The number of phosphoric acid groups is 1. The molecule has 3 fully saturated rings. The Bertz CT molecular complexity index is 2480. The number of carbonyl (C=O) groups is 4. The van der Waals surface area contributed by atoms with Gasteiger partial charge in [-0.05, 0) is 51.4 Å². The number of aliphatic hydroxyl groups excluding tert-OH is 9. The van der Waals surface area contributed by atoms with E-state index in [0.717, 1.165) is 122 Å². The predicted molar refractivity (Wildman–Crippen MR) is 453 cm³/mol. The molecule has 2 aliphatic heterocycles. The Morgan fingerprint density at radius 3 is 1.03 bits per heavy atom. The normalized spacial score (nSPS) is 25.0. The second-order valence-electron chi connectivity index (χ2n) is 33.9. The summed E-state index contributed by atoms with van der Waals surface area (Å²) in [4.78, 5) is 66.4. The maximum absolute atomic E-state index is 14.9. The lowest BCUT2D eigenvalue weighted by atomic mass is 9.84. The van der Waals surface area contributed by atoms with Crippen LogP contribution in [0, 0.1) is 0 Å². The summed E-state index contributed by atoms with van der Waals surface area (Å²) in [6, 6.07) is 0. The Labute approximate surface area is 705 Å². The van der Waals surface area contributed by atoms with Crippen LogP contribution in [0.5, 0.6) is 0 Å². The highest BCUT2D eigenvalue weighted by atomic mass is 31.2. The van der Waals surface area contributed by atoms with Gasteiger partial charge < -0.3 is 88.7 Å². The largest absolute Gasteiger partial charge is 0.472 e. The molecule has 26 heteroatoms. The van der Waals surface area contributed by atoms with Crippen molar-refractivity contribution < 1.29 is 122 Å². The second-order valence-corrected chi connectivity index (χ2v) is 35.3. The Morgan fingerprint density at radius 2 is 0.641 bits per heavy atom. The Balaban J connectivity index is 1.91. The van der Waals surface area contributed by atoms with Gasteiger partial charge >= 0.3 is 31.7 Å². The van der Waals surface area contributed by atoms with Crippen LogP contribution < -0.4 is 0 Å². The Morgan fingerprint density at radius 1 is 0.333 bits per heavy atom. The van der Waals surface area contributed by atoms with Gasteiger partial charge in [-0.15, -0.1) is 0 Å². The molecular formula is C91H169O25P. The summed E-state index contributed by atoms with van der Waals surface area (Å²) in [5.41, 5.74) is 0. The molecular weight excluding hydrogens is 1520 g/mol. The van der Waals surface area contributed by atoms with E-state index in [1.165, 1.54) is 199 Å².